The Morgan fingerprint density at radius 1 is 1.16 bits per heavy atom. The lowest BCUT2D eigenvalue weighted by atomic mass is 10.1. The summed E-state index contributed by atoms with van der Waals surface area (Å²) < 4.78 is 11.9. The Bertz CT molecular complexity index is 894. The Hall–Kier alpha value is -2.12. The highest BCUT2D eigenvalue weighted by Gasteiger charge is 2.13. The highest BCUT2D eigenvalue weighted by molar-refractivity contribution is 9.10. The second-order valence-corrected chi connectivity index (χ2v) is 7.25. The van der Waals surface area contributed by atoms with Crippen molar-refractivity contribution in [3.05, 3.63) is 58.1 Å². The van der Waals surface area contributed by atoms with Crippen LogP contribution in [-0.4, -0.2) is 21.9 Å². The molecule has 1 aromatic heterocycles. The minimum Gasteiger partial charge on any atom is -0.426 e. The molecule has 1 heterocycles. The Labute approximate surface area is 157 Å². The molecule has 0 amide bonds. The van der Waals surface area contributed by atoms with Crippen LogP contribution in [0, 0.1) is 13.8 Å². The minimum absolute atomic E-state index is 0.0926. The molecule has 2 aromatic carbocycles. The van der Waals surface area contributed by atoms with Gasteiger partial charge in [-0.05, 0) is 55.3 Å². The largest absolute Gasteiger partial charge is 0.426 e. The maximum atomic E-state index is 12.0. The first-order chi connectivity index (χ1) is 12.0. The van der Waals surface area contributed by atoms with Gasteiger partial charge in [-0.3, -0.25) is 4.79 Å². The molecule has 0 aliphatic carbocycles. The zero-order valence-corrected chi connectivity index (χ0v) is 16.1. The second kappa shape index (κ2) is 7.84. The third-order valence-corrected chi connectivity index (χ3v) is 4.70. The minimum atomic E-state index is -0.359. The maximum absolute atomic E-state index is 12.0. The van der Waals surface area contributed by atoms with E-state index in [0.29, 0.717) is 16.9 Å². The van der Waals surface area contributed by atoms with E-state index >= 15 is 0 Å². The molecule has 0 bridgehead atoms. The fourth-order valence-corrected chi connectivity index (χ4v) is 2.87. The topological polar surface area (TPSA) is 65.2 Å². The number of carbonyl (C=O) groups excluding carboxylic acids is 1. The number of rotatable bonds is 5. The summed E-state index contributed by atoms with van der Waals surface area (Å²) in [4.78, 5) is 12.0. The first kappa shape index (κ1) is 17.7. The van der Waals surface area contributed by atoms with Crippen LogP contribution in [-0.2, 0) is 4.79 Å². The lowest BCUT2D eigenvalue weighted by molar-refractivity contribution is -0.131. The average Bonchev–Trinajstić information content (AvgIpc) is 3.06. The van der Waals surface area contributed by atoms with Crippen LogP contribution in [0.2, 0.25) is 0 Å². The lowest BCUT2D eigenvalue weighted by Crippen LogP contribution is -2.11. The van der Waals surface area contributed by atoms with E-state index in [1.807, 2.05) is 56.3 Å². The zero-order valence-electron chi connectivity index (χ0n) is 13.7. The van der Waals surface area contributed by atoms with Crippen molar-refractivity contribution >= 4 is 33.7 Å². The van der Waals surface area contributed by atoms with Gasteiger partial charge in [-0.1, -0.05) is 39.8 Å². The van der Waals surface area contributed by atoms with Gasteiger partial charge in [0, 0.05) is 10.0 Å². The summed E-state index contributed by atoms with van der Waals surface area (Å²) >= 11 is 4.53. The van der Waals surface area contributed by atoms with Crippen molar-refractivity contribution < 1.29 is 13.9 Å². The third kappa shape index (κ3) is 4.70. The normalized spacial score (nSPS) is 10.7. The van der Waals surface area contributed by atoms with Crippen molar-refractivity contribution in [3.63, 3.8) is 0 Å². The fraction of sp³-hybridized carbons (Fsp3) is 0.167. The number of aromatic nitrogens is 2. The summed E-state index contributed by atoms with van der Waals surface area (Å²) in [5.41, 5.74) is 2.77. The van der Waals surface area contributed by atoms with E-state index < -0.39 is 0 Å². The van der Waals surface area contributed by atoms with Gasteiger partial charge in [0.1, 0.15) is 11.5 Å². The number of aryl methyl sites for hydroxylation is 2. The molecule has 3 rings (SSSR count). The molecule has 0 unspecified atom stereocenters. The van der Waals surface area contributed by atoms with E-state index in [2.05, 4.69) is 26.1 Å². The van der Waals surface area contributed by atoms with Crippen LogP contribution in [0.15, 0.2) is 56.6 Å². The van der Waals surface area contributed by atoms with Crippen molar-refractivity contribution in [1.29, 1.82) is 0 Å². The van der Waals surface area contributed by atoms with Crippen LogP contribution in [0.5, 0.6) is 5.75 Å². The summed E-state index contributed by atoms with van der Waals surface area (Å²) in [6, 6.07) is 13.3. The molecule has 0 aliphatic heterocycles. The van der Waals surface area contributed by atoms with Crippen molar-refractivity contribution in [2.45, 2.75) is 19.1 Å². The van der Waals surface area contributed by atoms with Gasteiger partial charge in [0.25, 0.3) is 5.22 Å². The smallest absolute Gasteiger partial charge is 0.321 e. The predicted molar refractivity (Wildman–Crippen MR) is 99.7 cm³/mol. The van der Waals surface area contributed by atoms with Gasteiger partial charge in [-0.2, -0.15) is 0 Å². The Kier molecular flexibility index (Phi) is 5.55. The van der Waals surface area contributed by atoms with Crippen molar-refractivity contribution in [3.8, 4) is 17.2 Å². The number of hydrogen-bond donors (Lipinski definition) is 0. The van der Waals surface area contributed by atoms with E-state index in [1.54, 1.807) is 0 Å². The number of benzene rings is 2. The van der Waals surface area contributed by atoms with Crippen molar-refractivity contribution in [2.24, 2.45) is 0 Å². The molecule has 0 atom stereocenters. The summed E-state index contributed by atoms with van der Waals surface area (Å²) in [5.74, 6) is 0.724. The predicted octanol–water partition coefficient (Wildman–Crippen LogP) is 4.81. The molecule has 25 heavy (non-hydrogen) atoms. The molecule has 128 valence electrons. The van der Waals surface area contributed by atoms with Crippen LogP contribution in [0.3, 0.4) is 0 Å². The quantitative estimate of drug-likeness (QED) is 0.336. The van der Waals surface area contributed by atoms with E-state index in [0.717, 1.165) is 32.9 Å². The molecule has 3 aromatic rings. The monoisotopic (exact) mass is 418 g/mol. The maximum Gasteiger partial charge on any atom is 0.321 e. The summed E-state index contributed by atoms with van der Waals surface area (Å²) in [5, 5.41) is 8.28. The number of hydrogen-bond acceptors (Lipinski definition) is 6. The highest BCUT2D eigenvalue weighted by atomic mass is 79.9. The number of nitrogens with zero attached hydrogens (tertiary/aromatic N) is 2. The molecular formula is C18H15BrN2O3S. The molecular weight excluding hydrogens is 404 g/mol. The van der Waals surface area contributed by atoms with E-state index in [4.69, 9.17) is 9.15 Å². The number of esters is 1. The molecule has 0 radical (unpaired) electrons. The molecule has 7 heteroatoms. The van der Waals surface area contributed by atoms with Gasteiger partial charge in [0.05, 0.1) is 0 Å². The van der Waals surface area contributed by atoms with E-state index in [1.165, 1.54) is 0 Å². The Balaban J connectivity index is 1.59. The van der Waals surface area contributed by atoms with Crippen LogP contribution >= 0.6 is 27.7 Å². The molecule has 0 spiro atoms. The Morgan fingerprint density at radius 3 is 2.68 bits per heavy atom. The lowest BCUT2D eigenvalue weighted by Gasteiger charge is -2.07. The average molecular weight is 419 g/mol. The standard InChI is InChI=1S/C18H15BrN2O3S/c1-11-3-4-12(2)15(9-11)23-16(22)10-25-18-21-20-17(24-18)13-5-7-14(19)8-6-13/h3-9H,10H2,1-2H3. The van der Waals surface area contributed by atoms with Gasteiger partial charge in [-0.25, -0.2) is 0 Å². The Morgan fingerprint density at radius 2 is 1.92 bits per heavy atom. The van der Waals surface area contributed by atoms with Crippen LogP contribution in [0.4, 0.5) is 0 Å². The number of halogens is 1. The summed E-state index contributed by atoms with van der Waals surface area (Å²) in [7, 11) is 0. The first-order valence-electron chi connectivity index (χ1n) is 7.51. The van der Waals surface area contributed by atoms with Gasteiger partial charge in [0.2, 0.25) is 5.89 Å². The number of ether oxygens (including phenoxy) is 1. The van der Waals surface area contributed by atoms with Crippen LogP contribution < -0.4 is 4.74 Å². The van der Waals surface area contributed by atoms with Crippen molar-refractivity contribution in [2.75, 3.05) is 5.75 Å². The fourth-order valence-electron chi connectivity index (χ4n) is 2.07. The molecule has 0 fully saturated rings. The van der Waals surface area contributed by atoms with Gasteiger partial charge >= 0.3 is 5.97 Å². The van der Waals surface area contributed by atoms with E-state index in [-0.39, 0.29) is 11.7 Å². The molecule has 5 nitrogen and oxygen atoms in total. The van der Waals surface area contributed by atoms with Crippen molar-refractivity contribution in [1.82, 2.24) is 10.2 Å². The highest BCUT2D eigenvalue weighted by Crippen LogP contribution is 2.25. The summed E-state index contributed by atoms with van der Waals surface area (Å²) in [6.07, 6.45) is 0. The second-order valence-electron chi connectivity index (χ2n) is 5.41. The van der Waals surface area contributed by atoms with Gasteiger partial charge < -0.3 is 9.15 Å². The van der Waals surface area contributed by atoms with Gasteiger partial charge in [-0.15, -0.1) is 10.2 Å². The van der Waals surface area contributed by atoms with E-state index in [9.17, 15) is 4.79 Å². The SMILES string of the molecule is Cc1ccc(C)c(OC(=O)CSc2nnc(-c3ccc(Br)cc3)o2)c1. The van der Waals surface area contributed by atoms with Crippen LogP contribution in [0.25, 0.3) is 11.5 Å². The summed E-state index contributed by atoms with van der Waals surface area (Å²) in [6.45, 7) is 3.85. The number of carbonyl (C=O) groups is 1. The molecule has 0 N–H and O–H groups in total. The molecule has 0 saturated carbocycles. The molecule has 0 aliphatic rings. The van der Waals surface area contributed by atoms with Crippen LogP contribution in [0.1, 0.15) is 11.1 Å². The molecule has 0 saturated heterocycles. The van der Waals surface area contributed by atoms with Gasteiger partial charge in [0.15, 0.2) is 0 Å². The third-order valence-electron chi connectivity index (χ3n) is 3.38. The zero-order chi connectivity index (χ0) is 17.8. The first-order valence-corrected chi connectivity index (χ1v) is 9.29. The number of thioether (sulfide) groups is 1.